The quantitative estimate of drug-likeness (QED) is 0.346. The number of halogens is 2. The van der Waals surface area contributed by atoms with Gasteiger partial charge < -0.3 is 5.32 Å². The lowest BCUT2D eigenvalue weighted by atomic mass is 10.2. The molecule has 3 aromatic carbocycles. The third-order valence-corrected chi connectivity index (χ3v) is 5.97. The van der Waals surface area contributed by atoms with E-state index < -0.39 is 0 Å². The van der Waals surface area contributed by atoms with Gasteiger partial charge in [-0.3, -0.25) is 4.79 Å². The highest BCUT2D eigenvalue weighted by molar-refractivity contribution is 9.10. The van der Waals surface area contributed by atoms with Crippen molar-refractivity contribution in [2.75, 3.05) is 5.32 Å². The Bertz CT molecular complexity index is 1180. The van der Waals surface area contributed by atoms with Crippen LogP contribution in [0.25, 0.3) is 0 Å². The van der Waals surface area contributed by atoms with Gasteiger partial charge in [-0.15, -0.1) is 5.10 Å². The van der Waals surface area contributed by atoms with Gasteiger partial charge >= 0.3 is 0 Å². The van der Waals surface area contributed by atoms with Gasteiger partial charge in [0.05, 0.1) is 22.8 Å². The van der Waals surface area contributed by atoms with E-state index in [0.717, 1.165) is 10.5 Å². The third-order valence-electron chi connectivity index (χ3n) is 4.24. The number of anilines is 1. The fourth-order valence-corrected chi connectivity index (χ4v) is 4.44. The van der Waals surface area contributed by atoms with Crippen LogP contribution in [0.15, 0.2) is 93.6 Å². The topological polar surface area (TPSA) is 59.8 Å². The molecule has 0 saturated heterocycles. The maximum absolute atomic E-state index is 12.7. The molecule has 150 valence electrons. The summed E-state index contributed by atoms with van der Waals surface area (Å²) >= 11 is 11.0. The molecule has 30 heavy (non-hydrogen) atoms. The van der Waals surface area contributed by atoms with Gasteiger partial charge in [0, 0.05) is 4.90 Å². The zero-order valence-electron chi connectivity index (χ0n) is 15.6. The summed E-state index contributed by atoms with van der Waals surface area (Å²) in [6.45, 7) is 0.593. The molecule has 4 rings (SSSR count). The second-order valence-electron chi connectivity index (χ2n) is 6.34. The monoisotopic (exact) mass is 498 g/mol. The van der Waals surface area contributed by atoms with Gasteiger partial charge in [0.15, 0.2) is 5.16 Å². The minimum absolute atomic E-state index is 0.263. The van der Waals surface area contributed by atoms with Crippen LogP contribution in [0.2, 0.25) is 5.02 Å². The van der Waals surface area contributed by atoms with Crippen molar-refractivity contribution < 1.29 is 4.79 Å². The van der Waals surface area contributed by atoms with Gasteiger partial charge in [-0.1, -0.05) is 66.2 Å². The van der Waals surface area contributed by atoms with E-state index in [-0.39, 0.29) is 5.91 Å². The SMILES string of the molecule is O=C(Nc1ccccc1Sc1nc(Br)nn1Cc1ccccc1)c1ccccc1Cl. The van der Waals surface area contributed by atoms with Crippen LogP contribution in [0, 0.1) is 0 Å². The average molecular weight is 500 g/mol. The summed E-state index contributed by atoms with van der Waals surface area (Å²) in [5, 5.41) is 8.52. The highest BCUT2D eigenvalue weighted by Gasteiger charge is 2.16. The molecule has 0 saturated carbocycles. The van der Waals surface area contributed by atoms with Gasteiger partial charge in [0.1, 0.15) is 0 Å². The Morgan fingerprint density at radius 2 is 1.70 bits per heavy atom. The number of nitrogens with one attached hydrogen (secondary N) is 1. The lowest BCUT2D eigenvalue weighted by Crippen LogP contribution is -2.13. The first-order chi connectivity index (χ1) is 14.6. The van der Waals surface area contributed by atoms with Crippen molar-refractivity contribution in [1.82, 2.24) is 14.8 Å². The largest absolute Gasteiger partial charge is 0.321 e. The molecule has 0 aliphatic heterocycles. The fraction of sp³-hybridized carbons (Fsp3) is 0.0455. The van der Waals surface area contributed by atoms with Gasteiger partial charge in [-0.25, -0.2) is 4.68 Å². The first kappa shape index (κ1) is 20.7. The third kappa shape index (κ3) is 4.92. The molecule has 1 amide bonds. The number of para-hydroxylation sites is 1. The number of amides is 1. The summed E-state index contributed by atoms with van der Waals surface area (Å²) in [5.74, 6) is -0.263. The molecule has 4 aromatic rings. The molecule has 1 heterocycles. The Morgan fingerprint density at radius 3 is 2.50 bits per heavy atom. The lowest BCUT2D eigenvalue weighted by Gasteiger charge is -2.12. The summed E-state index contributed by atoms with van der Waals surface area (Å²) < 4.78 is 2.34. The van der Waals surface area contributed by atoms with E-state index in [9.17, 15) is 4.79 Å². The van der Waals surface area contributed by atoms with Crippen molar-refractivity contribution in [3.8, 4) is 0 Å². The van der Waals surface area contributed by atoms with E-state index in [1.54, 1.807) is 24.3 Å². The summed E-state index contributed by atoms with van der Waals surface area (Å²) in [4.78, 5) is 18.1. The normalized spacial score (nSPS) is 10.7. The smallest absolute Gasteiger partial charge is 0.257 e. The molecular weight excluding hydrogens is 484 g/mol. The molecular formula is C22H16BrClN4OS. The average Bonchev–Trinajstić information content (AvgIpc) is 3.09. The van der Waals surface area contributed by atoms with Crippen molar-refractivity contribution in [3.63, 3.8) is 0 Å². The molecule has 0 radical (unpaired) electrons. The van der Waals surface area contributed by atoms with Crippen molar-refractivity contribution >= 4 is 50.9 Å². The Labute approximate surface area is 191 Å². The number of aromatic nitrogens is 3. The van der Waals surface area contributed by atoms with Crippen LogP contribution in [-0.2, 0) is 6.54 Å². The summed E-state index contributed by atoms with van der Waals surface area (Å²) in [7, 11) is 0. The number of benzene rings is 3. The highest BCUT2D eigenvalue weighted by atomic mass is 79.9. The second-order valence-corrected chi connectivity index (χ2v) is 8.46. The van der Waals surface area contributed by atoms with Gasteiger partial charge in [0.2, 0.25) is 4.73 Å². The molecule has 8 heteroatoms. The molecule has 1 N–H and O–H groups in total. The summed E-state index contributed by atoms with van der Waals surface area (Å²) in [6.07, 6.45) is 0. The number of hydrogen-bond acceptors (Lipinski definition) is 4. The van der Waals surface area contributed by atoms with Crippen LogP contribution in [0.4, 0.5) is 5.69 Å². The van der Waals surface area contributed by atoms with E-state index >= 15 is 0 Å². The van der Waals surface area contributed by atoms with E-state index in [2.05, 4.69) is 31.3 Å². The number of carbonyl (C=O) groups excluding carboxylic acids is 1. The fourth-order valence-electron chi connectivity index (χ4n) is 2.83. The summed E-state index contributed by atoms with van der Waals surface area (Å²) in [6, 6.07) is 24.6. The Hall–Kier alpha value is -2.61. The highest BCUT2D eigenvalue weighted by Crippen LogP contribution is 2.33. The van der Waals surface area contributed by atoms with Gasteiger partial charge in [0.25, 0.3) is 5.91 Å². The van der Waals surface area contributed by atoms with E-state index in [0.29, 0.717) is 32.7 Å². The number of nitrogens with zero attached hydrogens (tertiary/aromatic N) is 3. The minimum Gasteiger partial charge on any atom is -0.321 e. The summed E-state index contributed by atoms with van der Waals surface area (Å²) in [5.41, 5.74) is 2.23. The number of rotatable bonds is 6. The van der Waals surface area contributed by atoms with Gasteiger partial charge in [-0.05, 0) is 57.5 Å². The van der Waals surface area contributed by atoms with Crippen LogP contribution in [0.1, 0.15) is 15.9 Å². The molecule has 0 atom stereocenters. The number of carbonyl (C=O) groups is 1. The lowest BCUT2D eigenvalue weighted by molar-refractivity contribution is 0.102. The predicted octanol–water partition coefficient (Wildman–Crippen LogP) is 6.15. The van der Waals surface area contributed by atoms with Crippen molar-refractivity contribution in [2.24, 2.45) is 0 Å². The van der Waals surface area contributed by atoms with Crippen LogP contribution in [0.5, 0.6) is 0 Å². The minimum atomic E-state index is -0.263. The molecule has 0 spiro atoms. The standard InChI is InChI=1S/C22H16BrClN4OS/c23-21-26-22(28(27-21)14-15-8-2-1-3-9-15)30-19-13-7-6-12-18(19)25-20(29)16-10-4-5-11-17(16)24/h1-13H,14H2,(H,25,29). The van der Waals surface area contributed by atoms with Crippen LogP contribution in [-0.4, -0.2) is 20.7 Å². The van der Waals surface area contributed by atoms with Crippen LogP contribution in [0.3, 0.4) is 0 Å². The van der Waals surface area contributed by atoms with Crippen LogP contribution >= 0.6 is 39.3 Å². The zero-order valence-corrected chi connectivity index (χ0v) is 18.8. The Kier molecular flexibility index (Phi) is 6.52. The van der Waals surface area contributed by atoms with Crippen LogP contribution < -0.4 is 5.32 Å². The molecule has 0 fully saturated rings. The van der Waals surface area contributed by atoms with Gasteiger partial charge in [-0.2, -0.15) is 4.98 Å². The van der Waals surface area contributed by atoms with Crippen molar-refractivity contribution in [1.29, 1.82) is 0 Å². The predicted molar refractivity (Wildman–Crippen MR) is 123 cm³/mol. The number of hydrogen-bond donors (Lipinski definition) is 1. The molecule has 0 unspecified atom stereocenters. The maximum atomic E-state index is 12.7. The van der Waals surface area contributed by atoms with E-state index in [4.69, 9.17) is 11.6 Å². The second kappa shape index (κ2) is 9.47. The van der Waals surface area contributed by atoms with Crippen molar-refractivity contribution in [3.05, 3.63) is 99.7 Å². The molecule has 0 bridgehead atoms. The zero-order chi connectivity index (χ0) is 20.9. The first-order valence-corrected chi connectivity index (χ1v) is 11.1. The molecule has 5 nitrogen and oxygen atoms in total. The molecule has 0 aliphatic rings. The Balaban J connectivity index is 1.58. The molecule has 0 aliphatic carbocycles. The van der Waals surface area contributed by atoms with E-state index in [1.807, 2.05) is 59.3 Å². The maximum Gasteiger partial charge on any atom is 0.257 e. The first-order valence-electron chi connectivity index (χ1n) is 9.07. The molecule has 1 aromatic heterocycles. The Morgan fingerprint density at radius 1 is 1.00 bits per heavy atom. The van der Waals surface area contributed by atoms with Crippen molar-refractivity contribution in [2.45, 2.75) is 16.6 Å². The van der Waals surface area contributed by atoms with E-state index in [1.165, 1.54) is 11.8 Å².